The molecule has 4 nitrogen and oxygen atoms in total. The summed E-state index contributed by atoms with van der Waals surface area (Å²) in [5, 5.41) is 14.1. The number of fused-ring (bicyclic) bond motifs is 1. The number of aromatic nitrogens is 1. The maximum atomic E-state index is 9.27. The third kappa shape index (κ3) is 2.80. The lowest BCUT2D eigenvalue weighted by atomic mass is 9.96. The topological polar surface area (TPSA) is 58.3 Å². The Kier molecular flexibility index (Phi) is 4.19. The van der Waals surface area contributed by atoms with Crippen molar-refractivity contribution in [3.63, 3.8) is 0 Å². The van der Waals surface area contributed by atoms with Crippen molar-refractivity contribution in [1.29, 1.82) is 0 Å². The normalized spacial score (nSPS) is 19.8. The smallest absolute Gasteiger partial charge is 0.120 e. The Balaban J connectivity index is 1.79. The van der Waals surface area contributed by atoms with E-state index < -0.39 is 0 Å². The van der Waals surface area contributed by atoms with Gasteiger partial charge in [-0.15, -0.1) is 11.3 Å². The van der Waals surface area contributed by atoms with E-state index in [1.54, 1.807) is 17.6 Å². The van der Waals surface area contributed by atoms with Crippen LogP contribution in [0.4, 0.5) is 0 Å². The fraction of sp³-hybridized carbons (Fsp3) is 0.533. The number of thiazole rings is 1. The zero-order valence-corrected chi connectivity index (χ0v) is 12.4. The fourth-order valence-electron chi connectivity index (χ4n) is 2.87. The van der Waals surface area contributed by atoms with Gasteiger partial charge in [-0.3, -0.25) is 5.32 Å². The van der Waals surface area contributed by atoms with Gasteiger partial charge in [-0.1, -0.05) is 0 Å². The number of furan rings is 1. The van der Waals surface area contributed by atoms with E-state index in [4.69, 9.17) is 4.42 Å². The summed E-state index contributed by atoms with van der Waals surface area (Å²) in [7, 11) is 0. The zero-order chi connectivity index (χ0) is 13.9. The van der Waals surface area contributed by atoms with E-state index in [9.17, 15) is 5.11 Å². The summed E-state index contributed by atoms with van der Waals surface area (Å²) in [6, 6.07) is 4.25. The molecule has 108 valence electrons. The van der Waals surface area contributed by atoms with E-state index in [-0.39, 0.29) is 12.6 Å². The van der Waals surface area contributed by atoms with Crippen molar-refractivity contribution >= 4 is 11.3 Å². The van der Waals surface area contributed by atoms with E-state index in [2.05, 4.69) is 17.2 Å². The molecule has 0 aromatic carbocycles. The van der Waals surface area contributed by atoms with Gasteiger partial charge in [0.2, 0.25) is 0 Å². The van der Waals surface area contributed by atoms with Crippen LogP contribution in [0.5, 0.6) is 0 Å². The van der Waals surface area contributed by atoms with Crippen molar-refractivity contribution in [2.24, 2.45) is 0 Å². The molecule has 1 aliphatic rings. The van der Waals surface area contributed by atoms with Crippen molar-refractivity contribution in [3.8, 4) is 0 Å². The largest absolute Gasteiger partial charge is 0.468 e. The molecular formula is C15H20N2O2S. The van der Waals surface area contributed by atoms with Gasteiger partial charge in [0.25, 0.3) is 0 Å². The van der Waals surface area contributed by atoms with Crippen LogP contribution in [0.25, 0.3) is 0 Å². The van der Waals surface area contributed by atoms with Gasteiger partial charge in [0.15, 0.2) is 0 Å². The molecule has 5 heteroatoms. The monoisotopic (exact) mass is 292 g/mol. The molecule has 0 amide bonds. The highest BCUT2D eigenvalue weighted by Gasteiger charge is 2.27. The van der Waals surface area contributed by atoms with Gasteiger partial charge in [-0.05, 0) is 44.7 Å². The first kappa shape index (κ1) is 13.8. The fourth-order valence-corrected chi connectivity index (χ4v) is 3.94. The standard InChI is InChI=1S/C15H20N2O2S/c1-10-16-12-4-2-5-13(15(12)20-10)17-11(7-8-18)14-6-3-9-19-14/h3,6,9,11,13,17-18H,2,4-5,7-8H2,1H3. The third-order valence-electron chi connectivity index (χ3n) is 3.76. The van der Waals surface area contributed by atoms with Crippen LogP contribution >= 0.6 is 11.3 Å². The maximum Gasteiger partial charge on any atom is 0.120 e. The molecule has 0 saturated heterocycles. The van der Waals surface area contributed by atoms with Gasteiger partial charge >= 0.3 is 0 Å². The molecule has 20 heavy (non-hydrogen) atoms. The number of aliphatic hydroxyl groups excluding tert-OH is 1. The second-order valence-electron chi connectivity index (χ2n) is 5.24. The molecule has 2 N–H and O–H groups in total. The molecule has 2 heterocycles. The predicted molar refractivity (Wildman–Crippen MR) is 78.8 cm³/mol. The SMILES string of the molecule is Cc1nc2c(s1)C(NC(CCO)c1ccco1)CCC2. The molecule has 0 bridgehead atoms. The van der Waals surface area contributed by atoms with E-state index in [0.29, 0.717) is 12.5 Å². The molecule has 0 aliphatic heterocycles. The van der Waals surface area contributed by atoms with Crippen molar-refractivity contribution < 1.29 is 9.52 Å². The number of hydrogen-bond donors (Lipinski definition) is 2. The number of aliphatic hydroxyl groups is 1. The second-order valence-corrected chi connectivity index (χ2v) is 6.47. The summed E-state index contributed by atoms with van der Waals surface area (Å²) >= 11 is 1.79. The number of rotatable bonds is 5. The van der Waals surface area contributed by atoms with Crippen LogP contribution in [-0.4, -0.2) is 16.7 Å². The molecule has 2 aromatic rings. The molecule has 1 aliphatic carbocycles. The van der Waals surface area contributed by atoms with Crippen molar-refractivity contribution in [2.45, 2.75) is 44.7 Å². The highest BCUT2D eigenvalue weighted by molar-refractivity contribution is 7.11. The Labute approximate surface area is 122 Å². The Morgan fingerprint density at radius 3 is 3.25 bits per heavy atom. The van der Waals surface area contributed by atoms with E-state index in [0.717, 1.165) is 30.0 Å². The number of nitrogens with zero attached hydrogens (tertiary/aromatic N) is 1. The van der Waals surface area contributed by atoms with E-state index in [1.165, 1.54) is 10.6 Å². The summed E-state index contributed by atoms with van der Waals surface area (Å²) in [6.07, 6.45) is 5.72. The molecule has 0 spiro atoms. The van der Waals surface area contributed by atoms with Crippen LogP contribution in [0.15, 0.2) is 22.8 Å². The van der Waals surface area contributed by atoms with Crippen LogP contribution in [0.2, 0.25) is 0 Å². The lowest BCUT2D eigenvalue weighted by Crippen LogP contribution is -2.29. The maximum absolute atomic E-state index is 9.27. The van der Waals surface area contributed by atoms with Crippen LogP contribution in [0.1, 0.15) is 52.7 Å². The number of nitrogens with one attached hydrogen (secondary N) is 1. The summed E-state index contributed by atoms with van der Waals surface area (Å²) in [4.78, 5) is 5.99. The minimum atomic E-state index is 0.0633. The van der Waals surface area contributed by atoms with Crippen LogP contribution in [-0.2, 0) is 6.42 Å². The summed E-state index contributed by atoms with van der Waals surface area (Å²) in [5.74, 6) is 0.896. The molecule has 2 aromatic heterocycles. The summed E-state index contributed by atoms with van der Waals surface area (Å²) in [5.41, 5.74) is 1.25. The quantitative estimate of drug-likeness (QED) is 0.889. The molecule has 0 radical (unpaired) electrons. The van der Waals surface area contributed by atoms with Gasteiger partial charge in [-0.2, -0.15) is 0 Å². The van der Waals surface area contributed by atoms with E-state index in [1.807, 2.05) is 12.1 Å². The molecular weight excluding hydrogens is 272 g/mol. The van der Waals surface area contributed by atoms with Gasteiger partial charge in [0, 0.05) is 17.5 Å². The van der Waals surface area contributed by atoms with Crippen molar-refractivity contribution in [3.05, 3.63) is 39.7 Å². The first-order valence-corrected chi connectivity index (χ1v) is 7.96. The number of aryl methyl sites for hydroxylation is 2. The average Bonchev–Trinajstić information content (AvgIpc) is 3.06. The Bertz CT molecular complexity index is 550. The van der Waals surface area contributed by atoms with Gasteiger partial charge in [0.1, 0.15) is 5.76 Å². The first-order valence-electron chi connectivity index (χ1n) is 7.14. The van der Waals surface area contributed by atoms with E-state index >= 15 is 0 Å². The average molecular weight is 292 g/mol. The van der Waals surface area contributed by atoms with Gasteiger partial charge in [-0.25, -0.2) is 4.98 Å². The molecule has 0 fully saturated rings. The molecule has 2 atom stereocenters. The van der Waals surface area contributed by atoms with Crippen molar-refractivity contribution in [2.75, 3.05) is 6.61 Å². The van der Waals surface area contributed by atoms with Crippen molar-refractivity contribution in [1.82, 2.24) is 10.3 Å². The van der Waals surface area contributed by atoms with Crippen LogP contribution < -0.4 is 5.32 Å². The molecule has 3 rings (SSSR count). The lowest BCUT2D eigenvalue weighted by Gasteiger charge is -2.27. The zero-order valence-electron chi connectivity index (χ0n) is 11.6. The number of hydrogen-bond acceptors (Lipinski definition) is 5. The predicted octanol–water partition coefficient (Wildman–Crippen LogP) is 3.14. The lowest BCUT2D eigenvalue weighted by molar-refractivity contribution is 0.243. The highest BCUT2D eigenvalue weighted by Crippen LogP contribution is 2.36. The first-order chi connectivity index (χ1) is 9.78. The second kappa shape index (κ2) is 6.08. The Morgan fingerprint density at radius 1 is 1.60 bits per heavy atom. The Morgan fingerprint density at radius 2 is 2.50 bits per heavy atom. The summed E-state index contributed by atoms with van der Waals surface area (Å²) in [6.45, 7) is 2.22. The third-order valence-corrected chi connectivity index (χ3v) is 4.89. The minimum absolute atomic E-state index is 0.0633. The molecule has 2 unspecified atom stereocenters. The Hall–Kier alpha value is -1.17. The van der Waals surface area contributed by atoms with Gasteiger partial charge in [0.05, 0.1) is 23.0 Å². The van der Waals surface area contributed by atoms with Gasteiger partial charge < -0.3 is 9.52 Å². The molecule has 0 saturated carbocycles. The minimum Gasteiger partial charge on any atom is -0.468 e. The van der Waals surface area contributed by atoms with Crippen LogP contribution in [0, 0.1) is 6.92 Å². The highest BCUT2D eigenvalue weighted by atomic mass is 32.1. The summed E-state index contributed by atoms with van der Waals surface area (Å²) < 4.78 is 5.50. The van der Waals surface area contributed by atoms with Crippen LogP contribution in [0.3, 0.4) is 0 Å².